The van der Waals surface area contributed by atoms with Crippen LogP contribution in [-0.4, -0.2) is 32.3 Å². The van der Waals surface area contributed by atoms with E-state index in [4.69, 9.17) is 4.74 Å². The number of nitrogens with one attached hydrogen (secondary N) is 1. The molecule has 0 aliphatic heterocycles. The minimum absolute atomic E-state index is 0.110. The van der Waals surface area contributed by atoms with Gasteiger partial charge in [-0.25, -0.2) is 9.18 Å². The van der Waals surface area contributed by atoms with Crippen LogP contribution in [0.3, 0.4) is 0 Å². The highest BCUT2D eigenvalue weighted by Crippen LogP contribution is 2.13. The monoisotopic (exact) mass is 461 g/mol. The number of ether oxygens (including phenoxy) is 1. The summed E-state index contributed by atoms with van der Waals surface area (Å²) in [5.41, 5.74) is -0.713. The first-order chi connectivity index (χ1) is 16.5. The van der Waals surface area contributed by atoms with Crippen molar-refractivity contribution in [3.63, 3.8) is 0 Å². The maximum atomic E-state index is 13.7. The Morgan fingerprint density at radius 1 is 1.06 bits per heavy atom. The summed E-state index contributed by atoms with van der Waals surface area (Å²) < 4.78 is 20.6. The summed E-state index contributed by atoms with van der Waals surface area (Å²) in [5, 5.41) is 6.68. The smallest absolute Gasteiger partial charge is 0.352 e. The number of amides is 1. The van der Waals surface area contributed by atoms with Gasteiger partial charge >= 0.3 is 5.69 Å². The van der Waals surface area contributed by atoms with Crippen molar-refractivity contribution in [1.29, 1.82) is 0 Å². The van der Waals surface area contributed by atoms with Crippen LogP contribution in [0.15, 0.2) is 82.6 Å². The van der Waals surface area contributed by atoms with Gasteiger partial charge in [-0.1, -0.05) is 18.2 Å². The summed E-state index contributed by atoms with van der Waals surface area (Å²) in [6, 6.07) is 15.4. The first-order valence-corrected chi connectivity index (χ1v) is 10.3. The van der Waals surface area contributed by atoms with Gasteiger partial charge in [0.05, 0.1) is 19.3 Å². The lowest BCUT2D eigenvalue weighted by Crippen LogP contribution is -2.46. The van der Waals surface area contributed by atoms with E-state index in [1.165, 1.54) is 25.3 Å². The molecule has 0 bridgehead atoms. The van der Waals surface area contributed by atoms with Crippen LogP contribution in [0.4, 0.5) is 4.39 Å². The standard InChI is InChI=1S/C24H20FN5O4/c1-34-20-9-7-19(8-10-20)30-24(33)29(15-16-4-2-6-18(25)12-16)23(32)21(28-30)22(31)27-14-17-5-3-11-26-13-17/h2-13H,14-15H2,1H3,(H,27,31). The second-order valence-corrected chi connectivity index (χ2v) is 7.31. The third-order valence-electron chi connectivity index (χ3n) is 5.00. The molecule has 9 nitrogen and oxygen atoms in total. The Hall–Kier alpha value is -4.60. The molecule has 10 heteroatoms. The lowest BCUT2D eigenvalue weighted by atomic mass is 10.2. The molecule has 0 unspecified atom stereocenters. The van der Waals surface area contributed by atoms with Gasteiger partial charge < -0.3 is 10.1 Å². The van der Waals surface area contributed by atoms with Gasteiger partial charge in [-0.15, -0.1) is 0 Å². The average molecular weight is 461 g/mol. The summed E-state index contributed by atoms with van der Waals surface area (Å²) in [6.07, 6.45) is 3.18. The molecule has 0 aliphatic carbocycles. The van der Waals surface area contributed by atoms with Crippen LogP contribution in [0.5, 0.6) is 5.75 Å². The zero-order valence-corrected chi connectivity index (χ0v) is 18.1. The number of pyridine rings is 1. The molecule has 0 saturated carbocycles. The number of benzene rings is 2. The highest BCUT2D eigenvalue weighted by molar-refractivity contribution is 5.91. The van der Waals surface area contributed by atoms with Crippen molar-refractivity contribution in [3.8, 4) is 11.4 Å². The van der Waals surface area contributed by atoms with Gasteiger partial charge in [0.15, 0.2) is 0 Å². The van der Waals surface area contributed by atoms with E-state index in [2.05, 4.69) is 15.4 Å². The minimum atomic E-state index is -0.886. The molecule has 0 radical (unpaired) electrons. The molecule has 2 aromatic heterocycles. The van der Waals surface area contributed by atoms with E-state index in [-0.39, 0.29) is 13.1 Å². The van der Waals surface area contributed by atoms with Crippen molar-refractivity contribution in [2.45, 2.75) is 13.1 Å². The van der Waals surface area contributed by atoms with Crippen molar-refractivity contribution in [2.75, 3.05) is 7.11 Å². The second kappa shape index (κ2) is 9.90. The normalized spacial score (nSPS) is 10.6. The van der Waals surface area contributed by atoms with Crippen molar-refractivity contribution in [1.82, 2.24) is 24.6 Å². The molecular formula is C24H20FN5O4. The largest absolute Gasteiger partial charge is 0.497 e. The van der Waals surface area contributed by atoms with Gasteiger partial charge in [-0.05, 0) is 53.6 Å². The Morgan fingerprint density at radius 3 is 2.50 bits per heavy atom. The number of rotatable bonds is 7. The van der Waals surface area contributed by atoms with Gasteiger partial charge in [0.2, 0.25) is 5.69 Å². The summed E-state index contributed by atoms with van der Waals surface area (Å²) in [4.78, 5) is 43.2. The fraction of sp³-hybridized carbons (Fsp3) is 0.125. The predicted octanol–water partition coefficient (Wildman–Crippen LogP) is 1.92. The van der Waals surface area contributed by atoms with Crippen LogP contribution in [0, 0.1) is 5.82 Å². The Bertz CT molecular complexity index is 1430. The Balaban J connectivity index is 1.78. The topological polar surface area (TPSA) is 108 Å². The van der Waals surface area contributed by atoms with Crippen LogP contribution >= 0.6 is 0 Å². The number of carbonyl (C=O) groups is 1. The molecule has 34 heavy (non-hydrogen) atoms. The van der Waals surface area contributed by atoms with Gasteiger partial charge in [-0.3, -0.25) is 19.1 Å². The molecule has 4 aromatic rings. The average Bonchev–Trinajstić information content (AvgIpc) is 2.86. The summed E-state index contributed by atoms with van der Waals surface area (Å²) >= 11 is 0. The van der Waals surface area contributed by atoms with E-state index < -0.39 is 28.7 Å². The predicted molar refractivity (Wildman–Crippen MR) is 122 cm³/mol. The molecule has 4 rings (SSSR count). The third-order valence-corrected chi connectivity index (χ3v) is 5.00. The quantitative estimate of drug-likeness (QED) is 0.451. The van der Waals surface area contributed by atoms with E-state index in [0.29, 0.717) is 17.0 Å². The van der Waals surface area contributed by atoms with Crippen molar-refractivity contribution in [3.05, 3.63) is 117 Å². The highest BCUT2D eigenvalue weighted by Gasteiger charge is 2.20. The van der Waals surface area contributed by atoms with Crippen molar-refractivity contribution in [2.24, 2.45) is 0 Å². The number of nitrogens with zero attached hydrogens (tertiary/aromatic N) is 4. The molecule has 2 aromatic carbocycles. The Morgan fingerprint density at radius 2 is 1.82 bits per heavy atom. The minimum Gasteiger partial charge on any atom is -0.497 e. The van der Waals surface area contributed by atoms with Gasteiger partial charge in [-0.2, -0.15) is 9.78 Å². The van der Waals surface area contributed by atoms with E-state index in [0.717, 1.165) is 14.8 Å². The number of hydrogen-bond acceptors (Lipinski definition) is 6. The number of carbonyl (C=O) groups excluding carboxylic acids is 1. The van der Waals surface area contributed by atoms with E-state index in [1.807, 2.05) is 0 Å². The number of halogens is 1. The second-order valence-electron chi connectivity index (χ2n) is 7.31. The number of methoxy groups -OCH3 is 1. The molecule has 0 aliphatic rings. The molecule has 1 amide bonds. The van der Waals surface area contributed by atoms with Crippen LogP contribution in [-0.2, 0) is 13.1 Å². The molecule has 0 saturated heterocycles. The fourth-order valence-corrected chi connectivity index (χ4v) is 3.27. The van der Waals surface area contributed by atoms with Crippen LogP contribution in [0.25, 0.3) is 5.69 Å². The summed E-state index contributed by atoms with van der Waals surface area (Å²) in [5.74, 6) is -0.715. The summed E-state index contributed by atoms with van der Waals surface area (Å²) in [6.45, 7) is -0.129. The van der Waals surface area contributed by atoms with Crippen molar-refractivity contribution < 1.29 is 13.9 Å². The van der Waals surface area contributed by atoms with Crippen molar-refractivity contribution >= 4 is 5.91 Å². The summed E-state index contributed by atoms with van der Waals surface area (Å²) in [7, 11) is 1.50. The van der Waals surface area contributed by atoms with E-state index >= 15 is 0 Å². The number of hydrogen-bond donors (Lipinski definition) is 1. The van der Waals surface area contributed by atoms with E-state index in [9.17, 15) is 18.8 Å². The lowest BCUT2D eigenvalue weighted by Gasteiger charge is -2.13. The van der Waals surface area contributed by atoms with Gasteiger partial charge in [0.25, 0.3) is 11.5 Å². The first kappa shape index (κ1) is 22.6. The maximum absolute atomic E-state index is 13.7. The molecule has 0 fully saturated rings. The van der Waals surface area contributed by atoms with Gasteiger partial charge in [0, 0.05) is 18.9 Å². The highest BCUT2D eigenvalue weighted by atomic mass is 19.1. The molecule has 0 spiro atoms. The number of aromatic nitrogens is 4. The van der Waals surface area contributed by atoms with Crippen LogP contribution in [0.1, 0.15) is 21.6 Å². The Labute approximate surface area is 193 Å². The molecule has 0 atom stereocenters. The molecular weight excluding hydrogens is 441 g/mol. The van der Waals surface area contributed by atoms with Crippen LogP contribution < -0.4 is 21.3 Å². The molecule has 172 valence electrons. The molecule has 1 N–H and O–H groups in total. The lowest BCUT2D eigenvalue weighted by molar-refractivity contribution is 0.0941. The fourth-order valence-electron chi connectivity index (χ4n) is 3.27. The molecule has 2 heterocycles. The Kier molecular flexibility index (Phi) is 6.58. The first-order valence-electron chi connectivity index (χ1n) is 10.3. The maximum Gasteiger partial charge on any atom is 0.352 e. The third kappa shape index (κ3) is 4.90. The van der Waals surface area contributed by atoms with E-state index in [1.54, 1.807) is 54.9 Å². The SMILES string of the molecule is COc1ccc(-n2nc(C(=O)NCc3cccnc3)c(=O)n(Cc3cccc(F)c3)c2=O)cc1. The zero-order valence-electron chi connectivity index (χ0n) is 18.1. The van der Waals surface area contributed by atoms with Crippen LogP contribution in [0.2, 0.25) is 0 Å². The zero-order chi connectivity index (χ0) is 24.1. The van der Waals surface area contributed by atoms with Gasteiger partial charge in [0.1, 0.15) is 11.6 Å².